The average molecular weight is 178 g/mol. The zero-order chi connectivity index (χ0) is 9.52. The molecule has 1 heterocycles. The van der Waals surface area contributed by atoms with E-state index < -0.39 is 0 Å². The van der Waals surface area contributed by atoms with Crippen molar-refractivity contribution in [2.75, 3.05) is 11.9 Å². The molecule has 0 bridgehead atoms. The van der Waals surface area contributed by atoms with Crippen LogP contribution < -0.4 is 5.32 Å². The van der Waals surface area contributed by atoms with Gasteiger partial charge in [-0.2, -0.15) is 0 Å². The zero-order valence-corrected chi connectivity index (χ0v) is 7.79. The van der Waals surface area contributed by atoms with Crippen LogP contribution in [0.2, 0.25) is 0 Å². The van der Waals surface area contributed by atoms with Crippen molar-refractivity contribution in [3.8, 4) is 0 Å². The highest BCUT2D eigenvalue weighted by atomic mass is 16.1. The van der Waals surface area contributed by atoms with Crippen molar-refractivity contribution in [3.05, 3.63) is 24.4 Å². The standard InChI is InChI=1S/C10H14N2O/c1-2-9(13)6-8-12-10-5-3-4-7-11-10/h3-5,7H,2,6,8H2,1H3,(H,11,12). The second-order valence-electron chi connectivity index (χ2n) is 2.78. The Kier molecular flexibility index (Phi) is 3.96. The molecule has 0 atom stereocenters. The Hall–Kier alpha value is -1.38. The number of hydrogen-bond donors (Lipinski definition) is 1. The topological polar surface area (TPSA) is 42.0 Å². The Bertz CT molecular complexity index is 259. The van der Waals surface area contributed by atoms with Crippen molar-refractivity contribution in [2.24, 2.45) is 0 Å². The van der Waals surface area contributed by atoms with Crippen molar-refractivity contribution in [3.63, 3.8) is 0 Å². The fraction of sp³-hybridized carbons (Fsp3) is 0.400. The largest absolute Gasteiger partial charge is 0.370 e. The molecule has 0 aromatic carbocycles. The van der Waals surface area contributed by atoms with E-state index >= 15 is 0 Å². The monoisotopic (exact) mass is 178 g/mol. The summed E-state index contributed by atoms with van der Waals surface area (Å²) in [6.07, 6.45) is 2.92. The number of carbonyl (C=O) groups excluding carboxylic acids is 1. The number of anilines is 1. The minimum Gasteiger partial charge on any atom is -0.370 e. The minimum atomic E-state index is 0.281. The lowest BCUT2D eigenvalue weighted by Gasteiger charge is -2.02. The van der Waals surface area contributed by atoms with Gasteiger partial charge in [0.05, 0.1) is 0 Å². The predicted octanol–water partition coefficient (Wildman–Crippen LogP) is 1.86. The smallest absolute Gasteiger partial charge is 0.134 e. The highest BCUT2D eigenvalue weighted by Gasteiger charge is 1.97. The summed E-state index contributed by atoms with van der Waals surface area (Å²) in [5, 5.41) is 3.08. The van der Waals surface area contributed by atoms with Crippen LogP contribution in [0.5, 0.6) is 0 Å². The van der Waals surface area contributed by atoms with Gasteiger partial charge in [0, 0.05) is 25.6 Å². The number of ketones is 1. The van der Waals surface area contributed by atoms with Crippen molar-refractivity contribution in [2.45, 2.75) is 19.8 Å². The minimum absolute atomic E-state index is 0.281. The van der Waals surface area contributed by atoms with Gasteiger partial charge in [0.1, 0.15) is 11.6 Å². The van der Waals surface area contributed by atoms with Crippen molar-refractivity contribution in [1.82, 2.24) is 4.98 Å². The average Bonchev–Trinajstić information content (AvgIpc) is 2.19. The first-order valence-electron chi connectivity index (χ1n) is 4.49. The van der Waals surface area contributed by atoms with Gasteiger partial charge in [-0.3, -0.25) is 4.79 Å². The van der Waals surface area contributed by atoms with E-state index in [2.05, 4.69) is 10.3 Å². The summed E-state index contributed by atoms with van der Waals surface area (Å²) < 4.78 is 0. The molecule has 0 unspecified atom stereocenters. The first kappa shape index (κ1) is 9.71. The summed E-state index contributed by atoms with van der Waals surface area (Å²) in [4.78, 5) is 15.0. The molecule has 0 saturated carbocycles. The van der Waals surface area contributed by atoms with Crippen molar-refractivity contribution < 1.29 is 4.79 Å². The molecule has 0 fully saturated rings. The quantitative estimate of drug-likeness (QED) is 0.748. The lowest BCUT2D eigenvalue weighted by molar-refractivity contribution is -0.118. The maximum Gasteiger partial charge on any atom is 0.134 e. The van der Waals surface area contributed by atoms with Crippen LogP contribution in [0.4, 0.5) is 5.82 Å². The summed E-state index contributed by atoms with van der Waals surface area (Å²) in [5.41, 5.74) is 0. The predicted molar refractivity (Wildman–Crippen MR) is 52.6 cm³/mol. The Labute approximate surface area is 78.2 Å². The van der Waals surface area contributed by atoms with E-state index in [4.69, 9.17) is 0 Å². The van der Waals surface area contributed by atoms with E-state index in [1.165, 1.54) is 0 Å². The van der Waals surface area contributed by atoms with Gasteiger partial charge in [-0.15, -0.1) is 0 Å². The number of nitrogens with one attached hydrogen (secondary N) is 1. The van der Waals surface area contributed by atoms with Crippen LogP contribution in [0.25, 0.3) is 0 Å². The van der Waals surface area contributed by atoms with Gasteiger partial charge in [-0.05, 0) is 12.1 Å². The molecule has 0 aliphatic rings. The van der Waals surface area contributed by atoms with Gasteiger partial charge in [0.2, 0.25) is 0 Å². The normalized spacial score (nSPS) is 9.62. The number of pyridine rings is 1. The molecule has 1 N–H and O–H groups in total. The SMILES string of the molecule is CCC(=O)CCNc1ccccn1. The highest BCUT2D eigenvalue weighted by molar-refractivity contribution is 5.78. The van der Waals surface area contributed by atoms with Crippen LogP contribution in [-0.4, -0.2) is 17.3 Å². The van der Waals surface area contributed by atoms with E-state index in [1.54, 1.807) is 6.20 Å². The third kappa shape index (κ3) is 3.69. The number of hydrogen-bond acceptors (Lipinski definition) is 3. The molecule has 70 valence electrons. The van der Waals surface area contributed by atoms with Gasteiger partial charge < -0.3 is 5.32 Å². The number of carbonyl (C=O) groups is 1. The van der Waals surface area contributed by atoms with Gasteiger partial charge >= 0.3 is 0 Å². The van der Waals surface area contributed by atoms with E-state index in [9.17, 15) is 4.79 Å². The first-order valence-corrected chi connectivity index (χ1v) is 4.49. The van der Waals surface area contributed by atoms with Crippen molar-refractivity contribution >= 4 is 11.6 Å². The fourth-order valence-corrected chi connectivity index (χ4v) is 0.974. The first-order chi connectivity index (χ1) is 6.33. The second-order valence-corrected chi connectivity index (χ2v) is 2.78. The van der Waals surface area contributed by atoms with Crippen molar-refractivity contribution in [1.29, 1.82) is 0 Å². The number of nitrogens with zero attached hydrogens (tertiary/aromatic N) is 1. The van der Waals surface area contributed by atoms with Crippen LogP contribution in [-0.2, 0) is 4.79 Å². The summed E-state index contributed by atoms with van der Waals surface area (Å²) in [5.74, 6) is 1.11. The number of aromatic nitrogens is 1. The summed E-state index contributed by atoms with van der Waals surface area (Å²) in [7, 11) is 0. The lowest BCUT2D eigenvalue weighted by Crippen LogP contribution is -2.08. The molecule has 1 aromatic heterocycles. The molecular formula is C10H14N2O. The summed E-state index contributed by atoms with van der Waals surface area (Å²) in [6, 6.07) is 5.66. The Morgan fingerprint density at radius 2 is 2.38 bits per heavy atom. The maximum absolute atomic E-state index is 10.9. The van der Waals surface area contributed by atoms with E-state index in [0.29, 0.717) is 19.4 Å². The number of Topliss-reactive ketones (excluding diaryl/α,β-unsaturated/α-hetero) is 1. The summed E-state index contributed by atoms with van der Waals surface area (Å²) in [6.45, 7) is 2.55. The molecule has 0 radical (unpaired) electrons. The molecule has 0 saturated heterocycles. The molecule has 0 spiro atoms. The Morgan fingerprint density at radius 3 is 3.00 bits per heavy atom. The fourth-order valence-electron chi connectivity index (χ4n) is 0.974. The number of rotatable bonds is 5. The highest BCUT2D eigenvalue weighted by Crippen LogP contribution is 1.99. The van der Waals surface area contributed by atoms with Gasteiger partial charge in [-0.1, -0.05) is 13.0 Å². The molecule has 3 heteroatoms. The Morgan fingerprint density at radius 1 is 1.54 bits per heavy atom. The lowest BCUT2D eigenvalue weighted by atomic mass is 10.2. The molecule has 3 nitrogen and oxygen atoms in total. The van der Waals surface area contributed by atoms with Gasteiger partial charge in [0.25, 0.3) is 0 Å². The molecule has 1 aromatic rings. The molecule has 13 heavy (non-hydrogen) atoms. The van der Waals surface area contributed by atoms with Gasteiger partial charge in [0.15, 0.2) is 0 Å². The Balaban J connectivity index is 2.24. The molecule has 0 aliphatic heterocycles. The van der Waals surface area contributed by atoms with E-state index in [-0.39, 0.29) is 5.78 Å². The summed E-state index contributed by atoms with van der Waals surface area (Å²) >= 11 is 0. The van der Waals surface area contributed by atoms with Crippen LogP contribution in [0, 0.1) is 0 Å². The molecule has 0 aliphatic carbocycles. The maximum atomic E-state index is 10.9. The van der Waals surface area contributed by atoms with E-state index in [1.807, 2.05) is 25.1 Å². The van der Waals surface area contributed by atoms with E-state index in [0.717, 1.165) is 5.82 Å². The third-order valence-corrected chi connectivity index (χ3v) is 1.77. The van der Waals surface area contributed by atoms with Crippen LogP contribution in [0.15, 0.2) is 24.4 Å². The van der Waals surface area contributed by atoms with Gasteiger partial charge in [-0.25, -0.2) is 4.98 Å². The molecule has 0 amide bonds. The van der Waals surface area contributed by atoms with Crippen LogP contribution in [0.1, 0.15) is 19.8 Å². The van der Waals surface area contributed by atoms with Crippen LogP contribution in [0.3, 0.4) is 0 Å². The zero-order valence-electron chi connectivity index (χ0n) is 7.79. The van der Waals surface area contributed by atoms with Crippen LogP contribution >= 0.6 is 0 Å². The molecule has 1 rings (SSSR count). The second kappa shape index (κ2) is 5.30. The molecular weight excluding hydrogens is 164 g/mol. The third-order valence-electron chi connectivity index (χ3n) is 1.77.